The van der Waals surface area contributed by atoms with Crippen molar-refractivity contribution in [2.75, 3.05) is 18.4 Å². The van der Waals surface area contributed by atoms with Crippen molar-refractivity contribution in [1.82, 2.24) is 10.3 Å². The highest BCUT2D eigenvalue weighted by Gasteiger charge is 2.07. The minimum atomic E-state index is -0.190. The Hall–Kier alpha value is -2.43. The first kappa shape index (κ1) is 16.9. The lowest BCUT2D eigenvalue weighted by Crippen LogP contribution is -2.28. The van der Waals surface area contributed by atoms with Crippen LogP contribution >= 0.6 is 0 Å². The molecule has 0 saturated heterocycles. The second kappa shape index (κ2) is 8.27. The summed E-state index contributed by atoms with van der Waals surface area (Å²) in [5.41, 5.74) is 1.88. The molecule has 4 nitrogen and oxygen atoms in total. The highest BCUT2D eigenvalue weighted by molar-refractivity contribution is 5.92. The molecule has 0 radical (unpaired) electrons. The number of carbonyl (C=O) groups excluding carboxylic acids is 1. The molecule has 2 N–H and O–H groups in total. The maximum atomic E-state index is 13.5. The van der Waals surface area contributed by atoms with Gasteiger partial charge in [-0.25, -0.2) is 9.37 Å². The Morgan fingerprint density at radius 2 is 2.00 bits per heavy atom. The number of halogens is 1. The fourth-order valence-corrected chi connectivity index (χ4v) is 2.06. The third-order valence-electron chi connectivity index (χ3n) is 3.35. The second-order valence-corrected chi connectivity index (χ2v) is 5.80. The van der Waals surface area contributed by atoms with Crippen molar-refractivity contribution in [3.05, 3.63) is 59.7 Å². The molecule has 1 aromatic heterocycles. The average Bonchev–Trinajstić information content (AvgIpc) is 2.55. The predicted octanol–water partition coefficient (Wildman–Crippen LogP) is 3.26. The van der Waals surface area contributed by atoms with Gasteiger partial charge < -0.3 is 10.6 Å². The number of aromatic nitrogens is 1. The minimum Gasteiger partial charge on any atom is -0.383 e. The summed E-state index contributed by atoms with van der Waals surface area (Å²) in [6, 6.07) is 10.2. The van der Waals surface area contributed by atoms with E-state index in [0.29, 0.717) is 36.7 Å². The third kappa shape index (κ3) is 5.36. The zero-order chi connectivity index (χ0) is 16.7. The summed E-state index contributed by atoms with van der Waals surface area (Å²) in [5, 5.41) is 6.00. The van der Waals surface area contributed by atoms with Crippen LogP contribution in [0, 0.1) is 11.7 Å². The fourth-order valence-electron chi connectivity index (χ4n) is 2.06. The molecule has 0 aliphatic heterocycles. The number of nitrogens with zero attached hydrogens (tertiary/aromatic N) is 1. The number of hydrogen-bond donors (Lipinski definition) is 2. The number of nitrogens with one attached hydrogen (secondary N) is 2. The molecule has 1 amide bonds. The van der Waals surface area contributed by atoms with Crippen molar-refractivity contribution in [1.29, 1.82) is 0 Å². The van der Waals surface area contributed by atoms with Crippen LogP contribution < -0.4 is 10.6 Å². The number of benzene rings is 1. The van der Waals surface area contributed by atoms with Gasteiger partial charge in [0.25, 0.3) is 5.91 Å². The van der Waals surface area contributed by atoms with Crippen LogP contribution in [0.2, 0.25) is 0 Å². The van der Waals surface area contributed by atoms with E-state index in [0.717, 1.165) is 5.69 Å². The molecule has 0 saturated carbocycles. The minimum absolute atomic E-state index is 0.170. The van der Waals surface area contributed by atoms with Gasteiger partial charge in [0, 0.05) is 13.1 Å². The summed E-state index contributed by atoms with van der Waals surface area (Å²) >= 11 is 0. The lowest BCUT2D eigenvalue weighted by molar-refractivity contribution is 0.0944. The number of pyridine rings is 1. The molecule has 0 aliphatic carbocycles. The second-order valence-electron chi connectivity index (χ2n) is 5.80. The quantitative estimate of drug-likeness (QED) is 0.824. The summed E-state index contributed by atoms with van der Waals surface area (Å²) in [5.74, 6) is 0.0412. The van der Waals surface area contributed by atoms with Crippen molar-refractivity contribution in [2.45, 2.75) is 20.3 Å². The van der Waals surface area contributed by atoms with Gasteiger partial charge in [0.1, 0.15) is 11.5 Å². The van der Waals surface area contributed by atoms with Crippen LogP contribution in [0.15, 0.2) is 42.6 Å². The molecule has 0 unspecified atom stereocenters. The van der Waals surface area contributed by atoms with E-state index >= 15 is 0 Å². The maximum Gasteiger partial charge on any atom is 0.269 e. The van der Waals surface area contributed by atoms with Crippen LogP contribution in [0.1, 0.15) is 29.9 Å². The molecule has 1 heterocycles. The lowest BCUT2D eigenvalue weighted by atomic mass is 10.1. The van der Waals surface area contributed by atoms with Gasteiger partial charge in [-0.1, -0.05) is 32.0 Å². The van der Waals surface area contributed by atoms with E-state index in [1.165, 1.54) is 6.07 Å². The molecule has 0 fully saturated rings. The largest absolute Gasteiger partial charge is 0.383 e. The standard InChI is InChI=1S/C18H22FN3O/c1-13(2)11-22-18(23)17-8-7-15(12-21-17)20-10-9-14-5-3-4-6-16(14)19/h3-8,12-13,20H,9-11H2,1-2H3,(H,22,23). The topological polar surface area (TPSA) is 54.0 Å². The first-order chi connectivity index (χ1) is 11.1. The van der Waals surface area contributed by atoms with Crippen molar-refractivity contribution < 1.29 is 9.18 Å². The third-order valence-corrected chi connectivity index (χ3v) is 3.35. The van der Waals surface area contributed by atoms with Gasteiger partial charge in [-0.3, -0.25) is 4.79 Å². The summed E-state index contributed by atoms with van der Waals surface area (Å²) in [4.78, 5) is 16.0. The van der Waals surface area contributed by atoms with Crippen LogP contribution in [-0.4, -0.2) is 24.0 Å². The highest BCUT2D eigenvalue weighted by Crippen LogP contribution is 2.09. The first-order valence-corrected chi connectivity index (χ1v) is 7.78. The van der Waals surface area contributed by atoms with E-state index in [-0.39, 0.29) is 11.7 Å². The van der Waals surface area contributed by atoms with Crippen LogP contribution in [0.3, 0.4) is 0 Å². The van der Waals surface area contributed by atoms with Gasteiger partial charge in [-0.15, -0.1) is 0 Å². The van der Waals surface area contributed by atoms with Gasteiger partial charge in [-0.2, -0.15) is 0 Å². The summed E-state index contributed by atoms with van der Waals surface area (Å²) in [7, 11) is 0. The summed E-state index contributed by atoms with van der Waals surface area (Å²) in [6.45, 7) is 5.30. The Bertz CT molecular complexity index is 641. The molecule has 5 heteroatoms. The fraction of sp³-hybridized carbons (Fsp3) is 0.333. The van der Waals surface area contributed by atoms with Crippen LogP contribution in [0.25, 0.3) is 0 Å². The number of hydrogen-bond acceptors (Lipinski definition) is 3. The molecule has 0 aliphatic rings. The SMILES string of the molecule is CC(C)CNC(=O)c1ccc(NCCc2ccccc2F)cn1. The Labute approximate surface area is 136 Å². The molecule has 1 aromatic carbocycles. The van der Waals surface area contributed by atoms with Crippen molar-refractivity contribution in [3.63, 3.8) is 0 Å². The zero-order valence-electron chi connectivity index (χ0n) is 13.5. The molecule has 23 heavy (non-hydrogen) atoms. The highest BCUT2D eigenvalue weighted by atomic mass is 19.1. The molecular weight excluding hydrogens is 293 g/mol. The molecule has 2 aromatic rings. The first-order valence-electron chi connectivity index (χ1n) is 7.78. The Balaban J connectivity index is 1.83. The molecule has 0 bridgehead atoms. The smallest absolute Gasteiger partial charge is 0.269 e. The predicted molar refractivity (Wildman–Crippen MR) is 90.0 cm³/mol. The van der Waals surface area contributed by atoms with Crippen LogP contribution in [-0.2, 0) is 6.42 Å². The van der Waals surface area contributed by atoms with E-state index in [2.05, 4.69) is 15.6 Å². The van der Waals surface area contributed by atoms with Crippen molar-refractivity contribution >= 4 is 11.6 Å². The van der Waals surface area contributed by atoms with Crippen LogP contribution in [0.5, 0.6) is 0 Å². The molecule has 0 spiro atoms. The van der Waals surface area contributed by atoms with E-state index in [4.69, 9.17) is 0 Å². The lowest BCUT2D eigenvalue weighted by Gasteiger charge is -2.09. The normalized spacial score (nSPS) is 10.6. The zero-order valence-corrected chi connectivity index (χ0v) is 13.5. The Kier molecular flexibility index (Phi) is 6.09. The summed E-state index contributed by atoms with van der Waals surface area (Å²) in [6.07, 6.45) is 2.20. The maximum absolute atomic E-state index is 13.5. The summed E-state index contributed by atoms with van der Waals surface area (Å²) < 4.78 is 13.5. The Morgan fingerprint density at radius 3 is 2.65 bits per heavy atom. The van der Waals surface area contributed by atoms with E-state index in [1.807, 2.05) is 19.9 Å². The van der Waals surface area contributed by atoms with Crippen molar-refractivity contribution in [3.8, 4) is 0 Å². The van der Waals surface area contributed by atoms with Crippen LogP contribution in [0.4, 0.5) is 10.1 Å². The molecular formula is C18H22FN3O. The molecule has 0 atom stereocenters. The van der Waals surface area contributed by atoms with Gasteiger partial charge in [0.05, 0.1) is 11.9 Å². The Morgan fingerprint density at radius 1 is 1.22 bits per heavy atom. The average molecular weight is 315 g/mol. The van der Waals surface area contributed by atoms with E-state index < -0.39 is 0 Å². The van der Waals surface area contributed by atoms with Gasteiger partial charge >= 0.3 is 0 Å². The van der Waals surface area contributed by atoms with E-state index in [9.17, 15) is 9.18 Å². The number of rotatable bonds is 7. The number of carbonyl (C=O) groups is 1. The van der Waals surface area contributed by atoms with E-state index in [1.54, 1.807) is 30.5 Å². The van der Waals surface area contributed by atoms with Crippen molar-refractivity contribution in [2.24, 2.45) is 5.92 Å². The molecule has 122 valence electrons. The van der Waals surface area contributed by atoms with Gasteiger partial charge in [0.15, 0.2) is 0 Å². The van der Waals surface area contributed by atoms with Gasteiger partial charge in [-0.05, 0) is 36.1 Å². The molecule has 2 rings (SSSR count). The van der Waals surface area contributed by atoms with Gasteiger partial charge in [0.2, 0.25) is 0 Å². The number of anilines is 1. The number of amides is 1. The monoisotopic (exact) mass is 315 g/mol.